The number of aryl methyl sites for hydroxylation is 2. The summed E-state index contributed by atoms with van der Waals surface area (Å²) >= 11 is 1.56. The summed E-state index contributed by atoms with van der Waals surface area (Å²) in [7, 11) is 0. The van der Waals surface area contributed by atoms with Crippen molar-refractivity contribution >= 4 is 34.4 Å². The third-order valence-electron chi connectivity index (χ3n) is 4.71. The molecule has 1 aromatic rings. The third kappa shape index (κ3) is 2.87. The van der Waals surface area contributed by atoms with Gasteiger partial charge in [-0.2, -0.15) is 0 Å². The van der Waals surface area contributed by atoms with Crippen molar-refractivity contribution < 1.29 is 9.59 Å². The van der Waals surface area contributed by atoms with E-state index in [4.69, 9.17) is 0 Å². The Kier molecular flexibility index (Phi) is 3.85. The van der Waals surface area contributed by atoms with Crippen molar-refractivity contribution in [3.05, 3.63) is 29.3 Å². The highest BCUT2D eigenvalue weighted by molar-refractivity contribution is 8.14. The van der Waals surface area contributed by atoms with E-state index in [9.17, 15) is 9.59 Å². The lowest BCUT2D eigenvalue weighted by molar-refractivity contribution is -0.125. The number of carbonyl (C=O) groups excluding carboxylic acids is 2. The van der Waals surface area contributed by atoms with Crippen LogP contribution >= 0.6 is 11.8 Å². The van der Waals surface area contributed by atoms with Crippen molar-refractivity contribution in [2.45, 2.75) is 25.7 Å². The Morgan fingerprint density at radius 2 is 2.17 bits per heavy atom. The van der Waals surface area contributed by atoms with Crippen LogP contribution in [0, 0.1) is 5.92 Å². The first-order chi connectivity index (χ1) is 11.2. The van der Waals surface area contributed by atoms with Gasteiger partial charge in [0.05, 0.1) is 12.5 Å². The van der Waals surface area contributed by atoms with Gasteiger partial charge in [0.15, 0.2) is 5.17 Å². The molecule has 1 N–H and O–H groups in total. The number of fused-ring (bicyclic) bond motifs is 1. The predicted octanol–water partition coefficient (Wildman–Crippen LogP) is 1.75. The normalized spacial score (nSPS) is 23.1. The first-order valence-electron chi connectivity index (χ1n) is 8.11. The molecule has 3 aliphatic rings. The van der Waals surface area contributed by atoms with Crippen LogP contribution in [-0.2, 0) is 22.4 Å². The third-order valence-corrected chi connectivity index (χ3v) is 5.60. The molecule has 0 aromatic heterocycles. The molecule has 1 saturated heterocycles. The lowest BCUT2D eigenvalue weighted by Crippen LogP contribution is -2.35. The molecule has 1 aliphatic carbocycles. The molecule has 1 atom stereocenters. The van der Waals surface area contributed by atoms with E-state index in [0.717, 1.165) is 30.8 Å². The maximum atomic E-state index is 12.3. The van der Waals surface area contributed by atoms with E-state index in [2.05, 4.69) is 22.4 Å². The van der Waals surface area contributed by atoms with Gasteiger partial charge in [-0.1, -0.05) is 17.8 Å². The summed E-state index contributed by atoms with van der Waals surface area (Å²) in [5.74, 6) is 0.569. The van der Waals surface area contributed by atoms with Gasteiger partial charge in [-0.15, -0.1) is 0 Å². The van der Waals surface area contributed by atoms with Gasteiger partial charge in [0.25, 0.3) is 0 Å². The summed E-state index contributed by atoms with van der Waals surface area (Å²) in [6.45, 7) is 1.21. The van der Waals surface area contributed by atoms with Gasteiger partial charge in [-0.25, -0.2) is 0 Å². The fourth-order valence-electron chi connectivity index (χ4n) is 3.48. The highest BCUT2D eigenvalue weighted by Crippen LogP contribution is 2.30. The van der Waals surface area contributed by atoms with Gasteiger partial charge >= 0.3 is 0 Å². The van der Waals surface area contributed by atoms with E-state index in [1.807, 2.05) is 6.07 Å². The van der Waals surface area contributed by atoms with Crippen LogP contribution < -0.4 is 10.2 Å². The molecule has 2 heterocycles. The van der Waals surface area contributed by atoms with Crippen LogP contribution in [0.1, 0.15) is 24.0 Å². The number of hydrogen-bond donors (Lipinski definition) is 1. The molecular weight excluding hydrogens is 310 g/mol. The lowest BCUT2D eigenvalue weighted by atomic mass is 10.1. The minimum Gasteiger partial charge on any atom is -0.312 e. The molecule has 120 valence electrons. The van der Waals surface area contributed by atoms with Crippen molar-refractivity contribution in [1.82, 2.24) is 5.32 Å². The second-order valence-corrected chi connectivity index (χ2v) is 7.32. The Balaban J connectivity index is 1.46. The van der Waals surface area contributed by atoms with Crippen molar-refractivity contribution in [3.63, 3.8) is 0 Å². The van der Waals surface area contributed by atoms with Crippen LogP contribution in [0.3, 0.4) is 0 Å². The molecule has 1 unspecified atom stereocenters. The van der Waals surface area contributed by atoms with Gasteiger partial charge in [0, 0.05) is 24.4 Å². The number of benzene rings is 1. The van der Waals surface area contributed by atoms with Gasteiger partial charge in [0.1, 0.15) is 0 Å². The zero-order valence-corrected chi connectivity index (χ0v) is 13.7. The SMILES string of the molecule is O=C(NC1=NCCS1)C1CC(=O)N(c2ccc3c(c2)CCC3)C1. The summed E-state index contributed by atoms with van der Waals surface area (Å²) in [5.41, 5.74) is 3.67. The first kappa shape index (κ1) is 14.8. The molecule has 0 saturated carbocycles. The molecule has 5 nitrogen and oxygen atoms in total. The monoisotopic (exact) mass is 329 g/mol. The number of amidine groups is 1. The quantitative estimate of drug-likeness (QED) is 0.899. The first-order valence-corrected chi connectivity index (χ1v) is 9.09. The van der Waals surface area contributed by atoms with E-state index >= 15 is 0 Å². The fourth-order valence-corrected chi connectivity index (χ4v) is 4.21. The molecular formula is C17H19N3O2S. The number of nitrogens with zero attached hydrogens (tertiary/aromatic N) is 2. The van der Waals surface area contributed by atoms with Crippen molar-refractivity contribution in [2.75, 3.05) is 23.7 Å². The summed E-state index contributed by atoms with van der Waals surface area (Å²) < 4.78 is 0. The molecule has 1 fully saturated rings. The van der Waals surface area contributed by atoms with Gasteiger partial charge in [-0.3, -0.25) is 14.6 Å². The van der Waals surface area contributed by atoms with Gasteiger partial charge in [-0.05, 0) is 42.5 Å². The maximum absolute atomic E-state index is 12.3. The highest BCUT2D eigenvalue weighted by atomic mass is 32.2. The number of aliphatic imine (C=N–C) groups is 1. The van der Waals surface area contributed by atoms with Crippen LogP contribution in [-0.4, -0.2) is 35.8 Å². The highest BCUT2D eigenvalue weighted by Gasteiger charge is 2.36. The smallest absolute Gasteiger partial charge is 0.231 e. The summed E-state index contributed by atoms with van der Waals surface area (Å²) in [4.78, 5) is 30.7. The second kappa shape index (κ2) is 6.00. The molecule has 2 aliphatic heterocycles. The van der Waals surface area contributed by atoms with Crippen LogP contribution in [0.5, 0.6) is 0 Å². The molecule has 0 bridgehead atoms. The van der Waals surface area contributed by atoms with Gasteiger partial charge in [0.2, 0.25) is 11.8 Å². The van der Waals surface area contributed by atoms with Crippen LogP contribution in [0.15, 0.2) is 23.2 Å². The Hall–Kier alpha value is -1.82. The van der Waals surface area contributed by atoms with E-state index in [1.165, 1.54) is 17.5 Å². The minimum atomic E-state index is -0.292. The largest absolute Gasteiger partial charge is 0.312 e. The number of nitrogens with one attached hydrogen (secondary N) is 1. The number of hydrogen-bond acceptors (Lipinski definition) is 4. The number of thioether (sulfide) groups is 1. The molecule has 23 heavy (non-hydrogen) atoms. The zero-order chi connectivity index (χ0) is 15.8. The van der Waals surface area contributed by atoms with Crippen LogP contribution in [0.4, 0.5) is 5.69 Å². The fraction of sp³-hybridized carbons (Fsp3) is 0.471. The number of carbonyl (C=O) groups is 2. The van der Waals surface area contributed by atoms with Crippen molar-refractivity contribution in [1.29, 1.82) is 0 Å². The standard InChI is InChI=1S/C17H19N3O2S/c21-15-9-13(16(22)19-17-18-6-7-23-17)10-20(15)14-5-4-11-2-1-3-12(11)8-14/h4-5,8,13H,1-3,6-7,9-10H2,(H,18,19,22). The summed E-state index contributed by atoms with van der Waals surface area (Å²) in [5, 5.41) is 3.54. The van der Waals surface area contributed by atoms with Crippen LogP contribution in [0.2, 0.25) is 0 Å². The molecule has 1 aromatic carbocycles. The number of amides is 2. The van der Waals surface area contributed by atoms with E-state index in [-0.39, 0.29) is 24.2 Å². The van der Waals surface area contributed by atoms with E-state index < -0.39 is 0 Å². The molecule has 0 spiro atoms. The number of rotatable bonds is 2. The van der Waals surface area contributed by atoms with Gasteiger partial charge < -0.3 is 10.2 Å². The number of anilines is 1. The van der Waals surface area contributed by atoms with Crippen molar-refractivity contribution in [2.24, 2.45) is 10.9 Å². The predicted molar refractivity (Wildman–Crippen MR) is 91.8 cm³/mol. The maximum Gasteiger partial charge on any atom is 0.231 e. The Labute approximate surface area is 139 Å². The summed E-state index contributed by atoms with van der Waals surface area (Å²) in [6.07, 6.45) is 3.69. The average Bonchev–Trinajstić information content (AvgIpc) is 3.26. The zero-order valence-electron chi connectivity index (χ0n) is 12.9. The van der Waals surface area contributed by atoms with Crippen LogP contribution in [0.25, 0.3) is 0 Å². The van der Waals surface area contributed by atoms with E-state index in [0.29, 0.717) is 11.7 Å². The molecule has 4 rings (SSSR count). The average molecular weight is 329 g/mol. The molecule has 0 radical (unpaired) electrons. The minimum absolute atomic E-state index is 0.0316. The summed E-state index contributed by atoms with van der Waals surface area (Å²) in [6, 6.07) is 6.26. The Bertz CT molecular complexity index is 701. The van der Waals surface area contributed by atoms with E-state index in [1.54, 1.807) is 16.7 Å². The Morgan fingerprint density at radius 1 is 1.30 bits per heavy atom. The topological polar surface area (TPSA) is 61.8 Å². The lowest BCUT2D eigenvalue weighted by Gasteiger charge is -2.18. The van der Waals surface area contributed by atoms with Crippen molar-refractivity contribution in [3.8, 4) is 0 Å². The molecule has 6 heteroatoms. The Morgan fingerprint density at radius 3 is 3.00 bits per heavy atom. The molecule has 2 amide bonds. The second-order valence-electron chi connectivity index (χ2n) is 6.24.